The number of unbranched alkanes of at least 4 members (excludes halogenated alkanes) is 1. The van der Waals surface area contributed by atoms with Gasteiger partial charge >= 0.3 is 11.9 Å². The highest BCUT2D eigenvalue weighted by atomic mass is 16.7. The van der Waals surface area contributed by atoms with Gasteiger partial charge in [-0.05, 0) is 6.42 Å². The summed E-state index contributed by atoms with van der Waals surface area (Å²) in [4.78, 5) is 22.5. The van der Waals surface area contributed by atoms with E-state index in [0.717, 1.165) is 12.8 Å². The average Bonchev–Trinajstić information content (AvgIpc) is 2.44. The zero-order valence-corrected chi connectivity index (χ0v) is 13.1. The van der Waals surface area contributed by atoms with E-state index in [9.17, 15) is 19.8 Å². The molecule has 1 saturated heterocycles. The molecule has 2 N–H and O–H groups in total. The van der Waals surface area contributed by atoms with Crippen molar-refractivity contribution in [2.45, 2.75) is 64.3 Å². The van der Waals surface area contributed by atoms with E-state index in [4.69, 9.17) is 18.9 Å². The number of ether oxygens (including phenoxy) is 4. The lowest BCUT2D eigenvalue weighted by molar-refractivity contribution is -0.301. The molecule has 1 fully saturated rings. The maximum atomic E-state index is 11.3. The second kappa shape index (κ2) is 9.04. The lowest BCUT2D eigenvalue weighted by Crippen LogP contribution is -2.61. The van der Waals surface area contributed by atoms with E-state index in [1.165, 1.54) is 13.8 Å². The van der Waals surface area contributed by atoms with Crippen LogP contribution in [-0.2, 0) is 28.5 Å². The van der Waals surface area contributed by atoms with Crippen LogP contribution in [0, 0.1) is 0 Å². The Kier molecular flexibility index (Phi) is 7.74. The van der Waals surface area contributed by atoms with E-state index >= 15 is 0 Å². The summed E-state index contributed by atoms with van der Waals surface area (Å²) in [7, 11) is 0. The molecule has 0 aliphatic carbocycles. The standard InChI is InChI=1S/C14H24O8/c1-4-5-6-19-12-11(18)10(7-15)22-14(21-9(3)17)13(12)20-8(2)16/h10-15,18H,4-7H2,1-3H3/t10-,11-,12+,13+,14+/m1/s1. The molecule has 0 unspecified atom stereocenters. The molecule has 128 valence electrons. The first kappa shape index (κ1) is 18.8. The predicted molar refractivity (Wildman–Crippen MR) is 73.7 cm³/mol. The molecule has 0 spiro atoms. The maximum Gasteiger partial charge on any atom is 0.305 e. The smallest absolute Gasteiger partial charge is 0.305 e. The van der Waals surface area contributed by atoms with E-state index in [1.54, 1.807) is 0 Å². The van der Waals surface area contributed by atoms with Crippen LogP contribution in [0.4, 0.5) is 0 Å². The zero-order valence-electron chi connectivity index (χ0n) is 13.1. The molecule has 1 rings (SSSR count). The summed E-state index contributed by atoms with van der Waals surface area (Å²) in [5.41, 5.74) is 0. The van der Waals surface area contributed by atoms with Crippen LogP contribution in [0.25, 0.3) is 0 Å². The van der Waals surface area contributed by atoms with Crippen LogP contribution < -0.4 is 0 Å². The molecule has 22 heavy (non-hydrogen) atoms. The van der Waals surface area contributed by atoms with E-state index < -0.39 is 49.3 Å². The van der Waals surface area contributed by atoms with E-state index in [0.29, 0.717) is 6.61 Å². The molecule has 0 radical (unpaired) electrons. The number of esters is 2. The molecule has 0 bridgehead atoms. The van der Waals surface area contributed by atoms with Crippen molar-refractivity contribution in [3.05, 3.63) is 0 Å². The fraction of sp³-hybridized carbons (Fsp3) is 0.857. The van der Waals surface area contributed by atoms with Crippen LogP contribution in [0.1, 0.15) is 33.6 Å². The number of carbonyl (C=O) groups is 2. The van der Waals surface area contributed by atoms with Gasteiger partial charge in [-0.15, -0.1) is 0 Å². The third kappa shape index (κ3) is 5.20. The Bertz CT molecular complexity index is 372. The molecule has 8 nitrogen and oxygen atoms in total. The van der Waals surface area contributed by atoms with Crippen molar-refractivity contribution in [2.75, 3.05) is 13.2 Å². The molecule has 1 aliphatic rings. The molecule has 0 aromatic rings. The van der Waals surface area contributed by atoms with Gasteiger partial charge in [0.05, 0.1) is 6.61 Å². The van der Waals surface area contributed by atoms with Crippen molar-refractivity contribution in [1.82, 2.24) is 0 Å². The Morgan fingerprint density at radius 1 is 1.14 bits per heavy atom. The van der Waals surface area contributed by atoms with Crippen molar-refractivity contribution in [3.8, 4) is 0 Å². The molecule has 8 heteroatoms. The number of aliphatic hydroxyl groups is 2. The molecule has 0 aromatic carbocycles. The van der Waals surface area contributed by atoms with E-state index in [1.807, 2.05) is 6.92 Å². The topological polar surface area (TPSA) is 112 Å². The van der Waals surface area contributed by atoms with Crippen LogP contribution in [-0.4, -0.2) is 66.1 Å². The summed E-state index contributed by atoms with van der Waals surface area (Å²) in [6.45, 7) is 4.20. The Morgan fingerprint density at radius 3 is 2.27 bits per heavy atom. The van der Waals surface area contributed by atoms with E-state index in [2.05, 4.69) is 0 Å². The SMILES string of the molecule is CCCCO[C@H]1[C@H](O)[C@@H](CO)O[C@H](OC(C)=O)[C@H]1OC(C)=O. The Balaban J connectivity index is 2.93. The van der Waals surface area contributed by atoms with Crippen LogP contribution >= 0.6 is 0 Å². The molecule has 5 atom stereocenters. The van der Waals surface area contributed by atoms with Gasteiger partial charge in [-0.25, -0.2) is 0 Å². The third-order valence-corrected chi connectivity index (χ3v) is 3.19. The van der Waals surface area contributed by atoms with Crippen molar-refractivity contribution in [2.24, 2.45) is 0 Å². The van der Waals surface area contributed by atoms with Crippen molar-refractivity contribution in [1.29, 1.82) is 0 Å². The molecular weight excluding hydrogens is 296 g/mol. The molecular formula is C14H24O8. The zero-order chi connectivity index (χ0) is 16.7. The molecule has 1 aliphatic heterocycles. The van der Waals surface area contributed by atoms with Crippen LogP contribution in [0.5, 0.6) is 0 Å². The van der Waals surface area contributed by atoms with Gasteiger partial charge in [0.1, 0.15) is 18.3 Å². The van der Waals surface area contributed by atoms with Gasteiger partial charge in [-0.3, -0.25) is 9.59 Å². The normalized spacial score (nSPS) is 31.6. The van der Waals surface area contributed by atoms with Gasteiger partial charge < -0.3 is 29.2 Å². The Hall–Kier alpha value is -1.22. The van der Waals surface area contributed by atoms with Crippen LogP contribution in [0.3, 0.4) is 0 Å². The maximum absolute atomic E-state index is 11.3. The Morgan fingerprint density at radius 2 is 1.77 bits per heavy atom. The number of hydrogen-bond donors (Lipinski definition) is 2. The van der Waals surface area contributed by atoms with Crippen molar-refractivity contribution >= 4 is 11.9 Å². The second-order valence-corrected chi connectivity index (χ2v) is 5.09. The fourth-order valence-corrected chi connectivity index (χ4v) is 2.17. The van der Waals surface area contributed by atoms with Gasteiger partial charge in [0.25, 0.3) is 0 Å². The first-order valence-corrected chi connectivity index (χ1v) is 7.31. The summed E-state index contributed by atoms with van der Waals surface area (Å²) >= 11 is 0. The number of rotatable bonds is 7. The molecule has 0 aromatic heterocycles. The van der Waals surface area contributed by atoms with Crippen LogP contribution in [0.2, 0.25) is 0 Å². The summed E-state index contributed by atoms with van der Waals surface area (Å²) in [6, 6.07) is 0. The predicted octanol–water partition coefficient (Wildman–Crippen LogP) is -0.255. The first-order valence-electron chi connectivity index (χ1n) is 7.31. The number of hydrogen-bond acceptors (Lipinski definition) is 8. The van der Waals surface area contributed by atoms with E-state index in [-0.39, 0.29) is 0 Å². The minimum Gasteiger partial charge on any atom is -0.453 e. The van der Waals surface area contributed by atoms with Gasteiger partial charge in [-0.2, -0.15) is 0 Å². The largest absolute Gasteiger partial charge is 0.453 e. The molecule has 1 heterocycles. The second-order valence-electron chi connectivity index (χ2n) is 5.09. The third-order valence-electron chi connectivity index (χ3n) is 3.19. The highest BCUT2D eigenvalue weighted by Crippen LogP contribution is 2.27. The summed E-state index contributed by atoms with van der Waals surface area (Å²) in [6.07, 6.45) is -3.87. The average molecular weight is 320 g/mol. The highest BCUT2D eigenvalue weighted by molar-refractivity contribution is 5.67. The van der Waals surface area contributed by atoms with Gasteiger partial charge in [0.15, 0.2) is 6.10 Å². The minimum atomic E-state index is -1.24. The first-order chi connectivity index (χ1) is 10.4. The fourth-order valence-electron chi connectivity index (χ4n) is 2.17. The summed E-state index contributed by atoms with van der Waals surface area (Å²) in [5, 5.41) is 19.5. The van der Waals surface area contributed by atoms with Gasteiger partial charge in [0.2, 0.25) is 6.29 Å². The highest BCUT2D eigenvalue weighted by Gasteiger charge is 2.49. The number of carbonyl (C=O) groups excluding carboxylic acids is 2. The molecule has 0 amide bonds. The van der Waals surface area contributed by atoms with Crippen molar-refractivity contribution < 1.29 is 38.7 Å². The van der Waals surface area contributed by atoms with Gasteiger partial charge in [0, 0.05) is 20.5 Å². The van der Waals surface area contributed by atoms with Crippen molar-refractivity contribution in [3.63, 3.8) is 0 Å². The Labute approximate surface area is 129 Å². The lowest BCUT2D eigenvalue weighted by Gasteiger charge is -2.42. The monoisotopic (exact) mass is 320 g/mol. The quantitative estimate of drug-likeness (QED) is 0.488. The molecule has 0 saturated carbocycles. The van der Waals surface area contributed by atoms with Crippen LogP contribution in [0.15, 0.2) is 0 Å². The number of aliphatic hydroxyl groups excluding tert-OH is 2. The summed E-state index contributed by atoms with van der Waals surface area (Å²) < 4.78 is 21.0. The summed E-state index contributed by atoms with van der Waals surface area (Å²) in [5.74, 6) is -1.26. The minimum absolute atomic E-state index is 0.334. The van der Waals surface area contributed by atoms with Gasteiger partial charge in [-0.1, -0.05) is 13.3 Å². The lowest BCUT2D eigenvalue weighted by atomic mass is 9.98.